The molecule has 0 spiro atoms. The van der Waals surface area contributed by atoms with E-state index in [2.05, 4.69) is 4.98 Å². The summed E-state index contributed by atoms with van der Waals surface area (Å²) in [6, 6.07) is 27.3. The van der Waals surface area contributed by atoms with Crippen molar-refractivity contribution in [3.63, 3.8) is 0 Å². The van der Waals surface area contributed by atoms with Crippen molar-refractivity contribution in [2.45, 2.75) is 98.7 Å². The van der Waals surface area contributed by atoms with Crippen LogP contribution in [0.4, 0.5) is 16.2 Å². The van der Waals surface area contributed by atoms with E-state index in [1.165, 1.54) is 115 Å². The number of aromatic amines is 1. The highest BCUT2D eigenvalue weighted by molar-refractivity contribution is 5.95. The minimum Gasteiger partial charge on any atom is -0.396 e. The Balaban J connectivity index is 0.000000252. The number of urea groups is 1. The molecule has 0 saturated carbocycles. The number of benzene rings is 3. The van der Waals surface area contributed by atoms with Gasteiger partial charge in [-0.3, -0.25) is 81.4 Å². The van der Waals surface area contributed by atoms with Crippen LogP contribution in [-0.4, -0.2) is 108 Å². The lowest BCUT2D eigenvalue weighted by atomic mass is 10.2. The van der Waals surface area contributed by atoms with E-state index in [0.29, 0.717) is 54.3 Å². The van der Waals surface area contributed by atoms with Crippen LogP contribution < -0.4 is 62.1 Å². The average molecular weight is 1310 g/mol. The fourth-order valence-corrected chi connectivity index (χ4v) is 8.47. The van der Waals surface area contributed by atoms with E-state index in [1.54, 1.807) is 48.8 Å². The van der Waals surface area contributed by atoms with Crippen LogP contribution in [0.25, 0.3) is 0 Å². The molecule has 3 amide bonds. The number of rotatable bonds is 16. The molecule has 0 unspecified atom stereocenters. The van der Waals surface area contributed by atoms with E-state index >= 15 is 0 Å². The van der Waals surface area contributed by atoms with E-state index in [-0.39, 0.29) is 108 Å². The molecule has 3 aromatic carbocycles. The number of H-pyrrole nitrogens is 1. The second-order valence-corrected chi connectivity index (χ2v) is 21.3. The van der Waals surface area contributed by atoms with Crippen molar-refractivity contribution in [3.05, 3.63) is 281 Å². The number of amides is 3. The molecular weight excluding hydrogens is 1230 g/mol. The fourth-order valence-electron chi connectivity index (χ4n) is 8.47. The number of carbonyl (C=O) groups is 2. The third kappa shape index (κ3) is 21.7. The molecule has 1 saturated heterocycles. The molecule has 94 heavy (non-hydrogen) atoms. The predicted molar refractivity (Wildman–Crippen MR) is 345 cm³/mol. The highest BCUT2D eigenvalue weighted by Crippen LogP contribution is 2.15. The van der Waals surface area contributed by atoms with Gasteiger partial charge in [0.15, 0.2) is 0 Å². The van der Waals surface area contributed by atoms with Crippen LogP contribution in [0.15, 0.2) is 182 Å². The largest absolute Gasteiger partial charge is 0.396 e. The number of aryl methyl sites for hydroxylation is 4. The van der Waals surface area contributed by atoms with Gasteiger partial charge in [0.2, 0.25) is 5.91 Å². The molecule has 1 aliphatic rings. The van der Waals surface area contributed by atoms with Crippen LogP contribution >= 0.6 is 0 Å². The number of hydrogen-bond acceptors (Lipinski definition) is 19. The maximum absolute atomic E-state index is 12.9. The van der Waals surface area contributed by atoms with Crippen molar-refractivity contribution in [1.82, 2.24) is 56.0 Å². The molecule has 9 rings (SSSR count). The molecule has 0 atom stereocenters. The van der Waals surface area contributed by atoms with Gasteiger partial charge in [0.25, 0.3) is 39.2 Å². The van der Waals surface area contributed by atoms with Gasteiger partial charge < -0.3 is 28.8 Å². The molecule has 0 radical (unpaired) electrons. The van der Waals surface area contributed by atoms with Gasteiger partial charge in [-0.05, 0) is 64.2 Å². The van der Waals surface area contributed by atoms with Crippen LogP contribution in [-0.2, 0) is 58.7 Å². The number of nitrogens with two attached hydrogens (primary N) is 1. The zero-order valence-electron chi connectivity index (χ0n) is 53.0. The van der Waals surface area contributed by atoms with Gasteiger partial charge in [-0.2, -0.15) is 5.01 Å². The van der Waals surface area contributed by atoms with Crippen LogP contribution in [0.3, 0.4) is 0 Å². The number of aliphatic hydroxyl groups excluding tert-OH is 2. The zero-order chi connectivity index (χ0) is 70.1. The number of aromatic nitrogens is 10. The molecule has 33 heteroatoms. The number of imide groups is 1. The van der Waals surface area contributed by atoms with Crippen molar-refractivity contribution >= 4 is 23.3 Å². The van der Waals surface area contributed by atoms with E-state index in [0.717, 1.165) is 19.3 Å². The quantitative estimate of drug-likeness (QED) is 0.0454. The summed E-state index contributed by atoms with van der Waals surface area (Å²) in [5.41, 5.74) is -0.980. The summed E-state index contributed by atoms with van der Waals surface area (Å²) >= 11 is 0. The van der Waals surface area contributed by atoms with E-state index in [4.69, 9.17) is 16.1 Å². The van der Waals surface area contributed by atoms with Gasteiger partial charge in [0, 0.05) is 164 Å². The van der Waals surface area contributed by atoms with E-state index in [1.807, 2.05) is 58.0 Å². The first-order valence-electron chi connectivity index (χ1n) is 28.9. The fraction of sp³-hybridized carbons (Fsp3) is 0.344. The Labute approximate surface area is 533 Å². The highest BCUT2D eigenvalue weighted by Gasteiger charge is 2.29. The molecule has 5 N–H and O–H groups in total. The van der Waals surface area contributed by atoms with Crippen LogP contribution in [0.1, 0.15) is 81.4 Å². The minimum atomic E-state index is -0.535. The number of nitrogens with zero attached hydrogens (tertiary/aromatic N) is 13. The Morgan fingerprint density at radius 2 is 1.06 bits per heavy atom. The number of hydrogen-bond donors (Lipinski definition) is 4. The number of aliphatic hydroxyl groups is 2. The van der Waals surface area contributed by atoms with E-state index in [9.17, 15) is 77.8 Å². The Morgan fingerprint density at radius 3 is 1.57 bits per heavy atom. The Morgan fingerprint density at radius 1 is 0.543 bits per heavy atom. The smallest absolute Gasteiger partial charge is 0.341 e. The maximum atomic E-state index is 12.9. The molecular formula is C61H75N15O18. The van der Waals surface area contributed by atoms with Crippen molar-refractivity contribution in [1.29, 1.82) is 0 Å². The molecule has 33 nitrogen and oxygen atoms in total. The maximum Gasteiger partial charge on any atom is 0.341 e. The van der Waals surface area contributed by atoms with Crippen LogP contribution in [0, 0.1) is 27.2 Å². The molecule has 502 valence electrons. The van der Waals surface area contributed by atoms with Gasteiger partial charge in [-0.15, -0.1) is 0 Å². The summed E-state index contributed by atoms with van der Waals surface area (Å²) in [4.78, 5) is 161. The first-order chi connectivity index (χ1) is 44.4. The number of non-ortho nitro benzene ring substituents is 2. The standard InChI is InChI=1S/C19H16N4O6.C11H13N3O2.C10H16N2O4.C10H16N2O2.C6H8N2O2.C5H6N2O2/c1-13-10-18(24)21(12-15-4-8-17(9-5-15)23(28)29)19(25)20(13)11-14-2-6-16(7-3-14)22(26)27;12-14-10(15)6-7-13(11(14)16)8-9-4-2-1-3-5-9;13-7-1-4-11-6-3-9(15)12(10(11)16)5-2-8-14;1-7(2)11-6-5-9(13)12(8(3)4)10(11)14;1-7-4-3-5(9)8(2)6(7)10;1-7-3-2-4(8)6-5(7)9/h2-10H,11-12H2,1H3;1-5H,6-8,12H2;3,6,13-14H,1-2,4-5,7-8H2;5-8H,1-4H3;3-4H,1-2H3;2-3H,1H3,(H,6,8,9). The summed E-state index contributed by atoms with van der Waals surface area (Å²) in [6.07, 6.45) is 6.97. The highest BCUT2D eigenvalue weighted by atomic mass is 16.6. The topological polar surface area (TPSA) is 424 Å². The second kappa shape index (κ2) is 35.9. The second-order valence-electron chi connectivity index (χ2n) is 21.3. The lowest BCUT2D eigenvalue weighted by Gasteiger charge is -2.31. The van der Waals surface area contributed by atoms with Gasteiger partial charge >= 0.3 is 34.5 Å². The van der Waals surface area contributed by atoms with Gasteiger partial charge in [0.05, 0.1) is 22.9 Å². The number of nitrogens with one attached hydrogen (secondary N) is 1. The van der Waals surface area contributed by atoms with Crippen molar-refractivity contribution < 1.29 is 29.6 Å². The third-order valence-corrected chi connectivity index (χ3v) is 13.7. The van der Waals surface area contributed by atoms with Crippen molar-refractivity contribution in [3.8, 4) is 0 Å². The van der Waals surface area contributed by atoms with Crippen molar-refractivity contribution in [2.75, 3.05) is 19.8 Å². The summed E-state index contributed by atoms with van der Waals surface area (Å²) in [5.74, 6) is 5.03. The number of hydrazine groups is 1. The summed E-state index contributed by atoms with van der Waals surface area (Å²) < 4.78 is 11.4. The molecule has 0 aliphatic carbocycles. The van der Waals surface area contributed by atoms with Gasteiger partial charge in [0.1, 0.15) is 0 Å². The molecule has 1 aliphatic heterocycles. The third-order valence-electron chi connectivity index (χ3n) is 13.7. The molecule has 1 fully saturated rings. The normalized spacial score (nSPS) is 11.6. The summed E-state index contributed by atoms with van der Waals surface area (Å²) in [6.45, 7) is 10.7. The zero-order valence-corrected chi connectivity index (χ0v) is 53.0. The lowest BCUT2D eigenvalue weighted by Crippen LogP contribution is -2.55. The van der Waals surface area contributed by atoms with E-state index < -0.39 is 32.8 Å². The lowest BCUT2D eigenvalue weighted by molar-refractivity contribution is -0.385. The Kier molecular flexibility index (Phi) is 28.7. The first-order valence-corrected chi connectivity index (χ1v) is 28.9. The molecule has 0 bridgehead atoms. The predicted octanol–water partition coefficient (Wildman–Crippen LogP) is 1.05. The Hall–Kier alpha value is -11.3. The first kappa shape index (κ1) is 75.1. The summed E-state index contributed by atoms with van der Waals surface area (Å²) in [7, 11) is 4.62. The Bertz CT molecular complexity index is 4540. The SMILES string of the molecule is CC(C)n1ccc(=O)n(C(C)C)c1=O.Cc1cc(=O)n(Cc2ccc([N+](=O)[O-])cc2)c(=O)n1Cc1ccc([N+](=O)[O-])cc1.Cn1ccc(=O)[nH]c1=O.Cn1ccc(=O)n(C)c1=O.NN1C(=O)CCN(Cc2ccccc2)C1=O.O=c1ccn(CCCO)c(=O)n1CCCO. The molecule has 8 aromatic rings. The number of nitro benzene ring substituents is 2. The molecule has 5 aromatic heterocycles. The molecule has 6 heterocycles. The van der Waals surface area contributed by atoms with Gasteiger partial charge in [-0.25, -0.2) is 34.6 Å². The summed E-state index contributed by atoms with van der Waals surface area (Å²) in [5, 5.41) is 39.5. The number of nitro groups is 2. The van der Waals surface area contributed by atoms with Crippen LogP contribution in [0.2, 0.25) is 0 Å². The van der Waals surface area contributed by atoms with Gasteiger partial charge in [-0.1, -0.05) is 54.6 Å². The average Bonchev–Trinajstić information content (AvgIpc) is 0.824. The van der Waals surface area contributed by atoms with Crippen molar-refractivity contribution in [2.24, 2.45) is 27.0 Å². The number of carbonyl (C=O) groups excluding carboxylic acids is 2. The van der Waals surface area contributed by atoms with Crippen LogP contribution in [0.5, 0.6) is 0 Å². The minimum absolute atomic E-state index is 0.00219. The monoisotopic (exact) mass is 1310 g/mol.